The third-order valence-corrected chi connectivity index (χ3v) is 12.7. The topological polar surface area (TPSA) is 188 Å². The first-order valence-electron chi connectivity index (χ1n) is 20.4. The maximum Gasteiger partial charge on any atom is 0.333 e. The van der Waals surface area contributed by atoms with E-state index in [1.165, 1.54) is 31.2 Å². The average Bonchev–Trinajstić information content (AvgIpc) is 3.62. The van der Waals surface area contributed by atoms with Gasteiger partial charge in [0.15, 0.2) is 23.3 Å². The number of unbranched alkanes of at least 4 members (excludes halogenated alkanes) is 4. The van der Waals surface area contributed by atoms with E-state index in [4.69, 9.17) is 9.39 Å². The molecule has 0 radical (unpaired) electrons. The van der Waals surface area contributed by atoms with Gasteiger partial charge in [-0.3, -0.25) is 18.7 Å². The van der Waals surface area contributed by atoms with E-state index in [1.54, 1.807) is 30.9 Å². The van der Waals surface area contributed by atoms with Crippen LogP contribution in [-0.4, -0.2) is 73.4 Å². The number of rotatable bonds is 23. The van der Waals surface area contributed by atoms with E-state index < -0.39 is 107 Å². The molecule has 2 amide bonds. The maximum absolute atomic E-state index is 15.9. The fourth-order valence-corrected chi connectivity index (χ4v) is 8.90. The maximum atomic E-state index is 15.9. The highest BCUT2D eigenvalue weighted by Crippen LogP contribution is 2.49. The number of carbonyl (C=O) groups is 3. The first-order chi connectivity index (χ1) is 29.8. The van der Waals surface area contributed by atoms with Crippen molar-refractivity contribution >= 4 is 49.4 Å². The fourth-order valence-electron chi connectivity index (χ4n) is 7.76. The van der Waals surface area contributed by atoms with Crippen LogP contribution in [-0.2, 0) is 50.3 Å². The number of nitrogens with one attached hydrogen (secondary N) is 1. The third-order valence-electron chi connectivity index (χ3n) is 11.1. The minimum Gasteiger partial charge on any atom is -0.382 e. The van der Waals surface area contributed by atoms with Crippen molar-refractivity contribution in [1.82, 2.24) is 5.06 Å². The lowest BCUT2D eigenvalue weighted by molar-refractivity contribution is -0.197. The van der Waals surface area contributed by atoms with E-state index in [2.05, 4.69) is 11.9 Å². The molecule has 0 saturated carbocycles. The molecule has 2 aromatic rings. The molecule has 1 fully saturated rings. The number of allylic oxidation sites excluding steroid dienone is 7. The zero-order valence-electron chi connectivity index (χ0n) is 35.5. The van der Waals surface area contributed by atoms with Crippen molar-refractivity contribution in [2.24, 2.45) is 0 Å². The fraction of sp³-hybridized carbons (Fsp3) is 0.465. The van der Waals surface area contributed by atoms with Gasteiger partial charge in [0.05, 0.1) is 22.9 Å². The second-order valence-corrected chi connectivity index (χ2v) is 19.4. The van der Waals surface area contributed by atoms with Gasteiger partial charge in [0.1, 0.15) is 11.6 Å². The van der Waals surface area contributed by atoms with Crippen molar-refractivity contribution in [3.8, 4) is 0 Å². The Morgan fingerprint density at radius 3 is 2.08 bits per heavy atom. The van der Waals surface area contributed by atoms with Crippen LogP contribution in [0.15, 0.2) is 60.4 Å². The molecule has 0 bridgehead atoms. The molecular formula is C43H51F6N3O10S2. The SMILES string of the molecule is C=C(C=CC=CC=C1N(CCCCCC(=O)ON2C(=O)CCC2=O)c2cc(F)cc(F)c2C1(C)C)C(C)(CCCCS(=O)(=O)O)c1c(F)c(F)c(F)c(F)c1NCCCCS(=O)(=O)O. The molecule has 1 saturated heterocycles. The van der Waals surface area contributed by atoms with E-state index in [9.17, 15) is 48.9 Å². The molecule has 21 heteroatoms. The highest BCUT2D eigenvalue weighted by Gasteiger charge is 2.43. The normalized spacial score (nSPS) is 17.0. The Morgan fingerprint density at radius 1 is 0.844 bits per heavy atom. The quantitative estimate of drug-likeness (QED) is 0.0184. The first-order valence-corrected chi connectivity index (χ1v) is 23.6. The van der Waals surface area contributed by atoms with Crippen molar-refractivity contribution < 1.29 is 71.5 Å². The number of amides is 2. The first kappa shape index (κ1) is 51.6. The molecule has 2 aliphatic rings. The van der Waals surface area contributed by atoms with Gasteiger partial charge in [-0.25, -0.2) is 31.1 Å². The Hall–Kier alpha value is -4.99. The van der Waals surface area contributed by atoms with Gasteiger partial charge in [0.25, 0.3) is 32.1 Å². The number of halogens is 6. The Kier molecular flexibility index (Phi) is 17.2. The molecule has 0 spiro atoms. The molecule has 352 valence electrons. The van der Waals surface area contributed by atoms with Crippen molar-refractivity contribution in [2.45, 2.75) is 102 Å². The van der Waals surface area contributed by atoms with Gasteiger partial charge in [-0.1, -0.05) is 64.5 Å². The van der Waals surface area contributed by atoms with Gasteiger partial charge < -0.3 is 15.1 Å². The molecule has 1 unspecified atom stereocenters. The zero-order valence-corrected chi connectivity index (χ0v) is 37.1. The molecule has 4 rings (SSSR count). The number of nitrogens with zero attached hydrogens (tertiary/aromatic N) is 2. The molecule has 13 nitrogen and oxygen atoms in total. The number of hydrogen-bond acceptors (Lipinski definition) is 10. The van der Waals surface area contributed by atoms with Crippen molar-refractivity contribution in [2.75, 3.05) is 34.8 Å². The van der Waals surface area contributed by atoms with Crippen LogP contribution in [0.25, 0.3) is 0 Å². The second kappa shape index (κ2) is 21.3. The lowest BCUT2D eigenvalue weighted by Crippen LogP contribution is -2.32. The van der Waals surface area contributed by atoms with Gasteiger partial charge >= 0.3 is 5.97 Å². The number of fused-ring (bicyclic) bond motifs is 1. The predicted octanol–water partition coefficient (Wildman–Crippen LogP) is 8.43. The molecule has 2 heterocycles. The van der Waals surface area contributed by atoms with Crippen molar-refractivity contribution in [3.63, 3.8) is 0 Å². The molecule has 0 aliphatic carbocycles. The van der Waals surface area contributed by atoms with Gasteiger partial charge in [0.2, 0.25) is 0 Å². The highest BCUT2D eigenvalue weighted by molar-refractivity contribution is 7.86. The van der Waals surface area contributed by atoms with Crippen LogP contribution < -0.4 is 10.2 Å². The molecular weight excluding hydrogens is 897 g/mol. The van der Waals surface area contributed by atoms with Gasteiger partial charge in [0, 0.05) is 66.1 Å². The number of imide groups is 1. The van der Waals surface area contributed by atoms with E-state index in [0.29, 0.717) is 30.0 Å². The van der Waals surface area contributed by atoms with Crippen LogP contribution in [0.2, 0.25) is 0 Å². The van der Waals surface area contributed by atoms with Gasteiger partial charge in [-0.15, -0.1) is 5.06 Å². The Balaban J connectivity index is 1.59. The predicted molar refractivity (Wildman–Crippen MR) is 226 cm³/mol. The van der Waals surface area contributed by atoms with Crippen molar-refractivity contribution in [1.29, 1.82) is 0 Å². The summed E-state index contributed by atoms with van der Waals surface area (Å²) in [4.78, 5) is 42.4. The molecule has 1 atom stereocenters. The molecule has 64 heavy (non-hydrogen) atoms. The van der Waals surface area contributed by atoms with Gasteiger partial charge in [-0.05, 0) is 56.2 Å². The minimum atomic E-state index is -4.42. The van der Waals surface area contributed by atoms with E-state index in [-0.39, 0.29) is 81.3 Å². The minimum absolute atomic E-state index is 0.0191. The monoisotopic (exact) mass is 947 g/mol. The Labute approximate surface area is 368 Å². The summed E-state index contributed by atoms with van der Waals surface area (Å²) in [6, 6.07) is 1.98. The molecule has 2 aliphatic heterocycles. The van der Waals surface area contributed by atoms with E-state index >= 15 is 13.2 Å². The smallest absolute Gasteiger partial charge is 0.333 e. The summed E-state index contributed by atoms with van der Waals surface area (Å²) >= 11 is 0. The number of carbonyl (C=O) groups excluding carboxylic acids is 3. The van der Waals surface area contributed by atoms with Crippen LogP contribution in [0.1, 0.15) is 103 Å². The summed E-state index contributed by atoms with van der Waals surface area (Å²) in [7, 11) is -8.76. The Morgan fingerprint density at radius 2 is 1.45 bits per heavy atom. The van der Waals surface area contributed by atoms with Gasteiger partial charge in [-0.2, -0.15) is 16.8 Å². The third kappa shape index (κ3) is 12.8. The number of anilines is 2. The summed E-state index contributed by atoms with van der Waals surface area (Å²) in [6.07, 6.45) is 7.94. The zero-order chi connectivity index (χ0) is 47.8. The largest absolute Gasteiger partial charge is 0.382 e. The summed E-state index contributed by atoms with van der Waals surface area (Å²) in [5.41, 5.74) is -3.17. The van der Waals surface area contributed by atoms with Crippen LogP contribution >= 0.6 is 0 Å². The molecule has 2 aromatic carbocycles. The summed E-state index contributed by atoms with van der Waals surface area (Å²) in [6.45, 7) is 8.82. The molecule has 3 N–H and O–H groups in total. The van der Waals surface area contributed by atoms with E-state index in [0.717, 1.165) is 6.07 Å². The Bertz CT molecular complexity index is 2440. The van der Waals surface area contributed by atoms with E-state index in [1.807, 2.05) is 0 Å². The van der Waals surface area contributed by atoms with Crippen LogP contribution in [0.5, 0.6) is 0 Å². The van der Waals surface area contributed by atoms with Crippen LogP contribution in [0.4, 0.5) is 37.7 Å². The lowest BCUT2D eigenvalue weighted by Gasteiger charge is -2.34. The molecule has 0 aromatic heterocycles. The van der Waals surface area contributed by atoms with Crippen LogP contribution in [0.3, 0.4) is 0 Å². The lowest BCUT2D eigenvalue weighted by atomic mass is 9.71. The second-order valence-electron chi connectivity index (χ2n) is 16.2. The summed E-state index contributed by atoms with van der Waals surface area (Å²) < 4.78 is 154. The van der Waals surface area contributed by atoms with Crippen molar-refractivity contribution in [3.05, 3.63) is 106 Å². The average molecular weight is 948 g/mol. The number of benzene rings is 2. The van der Waals surface area contributed by atoms with Crippen LogP contribution in [0, 0.1) is 34.9 Å². The highest BCUT2D eigenvalue weighted by atomic mass is 32.2. The summed E-state index contributed by atoms with van der Waals surface area (Å²) in [5.74, 6) is -12.7. The number of hydroxylamine groups is 2. The number of hydrogen-bond donors (Lipinski definition) is 3. The standard InChI is InChI=1S/C43H51F6N3O10S2/c1-27(43(4,20-10-13-23-63(56,57)58)36-37(46)38(47)39(48)40(49)41(36)50-21-11-14-24-64(59,60)61)15-7-5-8-16-31-42(2,3)35-29(45)25-28(44)26-30(35)51(31)22-12-6-9-17-34(55)62-52-32(53)18-19-33(52)54/h5,7-8,15-16,25-26,50H,1,6,9-14,17-24H2,2-4H3,(H,56,57,58)(H,59,60,61). The summed E-state index contributed by atoms with van der Waals surface area (Å²) in [5, 5.41) is 2.97.